The van der Waals surface area contributed by atoms with E-state index in [1.54, 1.807) is 50.1 Å². The maximum absolute atomic E-state index is 14.8. The second-order valence-corrected chi connectivity index (χ2v) is 10.8. The van der Waals surface area contributed by atoms with Gasteiger partial charge in [0.25, 0.3) is 0 Å². The van der Waals surface area contributed by atoms with E-state index in [1.807, 2.05) is 17.0 Å². The summed E-state index contributed by atoms with van der Waals surface area (Å²) in [5, 5.41) is 4.49. The van der Waals surface area contributed by atoms with E-state index in [9.17, 15) is 18.8 Å². The lowest BCUT2D eigenvalue weighted by atomic mass is 9.93. The zero-order valence-electron chi connectivity index (χ0n) is 20.7. The minimum absolute atomic E-state index is 0. The third kappa shape index (κ3) is 6.83. The van der Waals surface area contributed by atoms with E-state index in [-0.39, 0.29) is 52.7 Å². The Morgan fingerprint density at radius 2 is 1.92 bits per heavy atom. The lowest BCUT2D eigenvalue weighted by molar-refractivity contribution is -0.129. The molecule has 1 amide bonds. The number of halogens is 2. The number of likely N-dealkylation sites (tertiary alicyclic amines) is 1. The monoisotopic (exact) mass is 534 g/mol. The molecular formula is C26H32ClFN4O3S. The predicted molar refractivity (Wildman–Crippen MR) is 141 cm³/mol. The molecule has 1 aromatic heterocycles. The molecule has 1 aromatic carbocycles. The molecule has 2 fully saturated rings. The van der Waals surface area contributed by atoms with Crippen molar-refractivity contribution in [3.8, 4) is 0 Å². The van der Waals surface area contributed by atoms with E-state index in [1.165, 1.54) is 22.7 Å². The maximum atomic E-state index is 14.8. The number of nitrogens with zero attached hydrogens (tertiary/aromatic N) is 4. The van der Waals surface area contributed by atoms with Crippen molar-refractivity contribution >= 4 is 47.1 Å². The van der Waals surface area contributed by atoms with Crippen LogP contribution in [0, 0.1) is 11.7 Å². The number of carbonyl (C=O) groups is 3. The quantitative estimate of drug-likeness (QED) is 0.510. The molecule has 0 radical (unpaired) electrons. The van der Waals surface area contributed by atoms with Crippen LogP contribution in [0.3, 0.4) is 0 Å². The second-order valence-electron chi connectivity index (χ2n) is 9.40. The fourth-order valence-corrected chi connectivity index (χ4v) is 5.33. The van der Waals surface area contributed by atoms with E-state index in [2.05, 4.69) is 5.10 Å². The average Bonchev–Trinajstić information content (AvgIpc) is 3.57. The Bertz CT molecular complexity index is 1150. The largest absolute Gasteiger partial charge is 0.347 e. The van der Waals surface area contributed by atoms with Crippen molar-refractivity contribution in [1.82, 2.24) is 19.6 Å². The molecule has 0 spiro atoms. The highest BCUT2D eigenvalue weighted by atomic mass is 35.5. The van der Waals surface area contributed by atoms with Gasteiger partial charge in [-0.15, -0.1) is 12.4 Å². The van der Waals surface area contributed by atoms with E-state index >= 15 is 0 Å². The predicted octanol–water partition coefficient (Wildman–Crippen LogP) is 3.99. The molecule has 7 nitrogen and oxygen atoms in total. The summed E-state index contributed by atoms with van der Waals surface area (Å²) in [6.45, 7) is 2.71. The minimum atomic E-state index is -0.648. The standard InChI is InChI=1S/C26H31FN4O3S.ClH/c1-17(32)35-23-11-12-30(25(26(34)18-8-9-18)21-6-4-5-7-22(21)27)15-19(23)14-20-10-13-31(28-20)16-24(33)29(2)3;/h4-7,10,13-14,18,23,25H,8-9,11-12,15-16H2,1-3H3;1H/b19-14-;. The first-order chi connectivity index (χ1) is 16.7. The van der Waals surface area contributed by atoms with Crippen LogP contribution in [0.5, 0.6) is 0 Å². The molecule has 0 N–H and O–H groups in total. The summed E-state index contributed by atoms with van der Waals surface area (Å²) in [6.07, 6.45) is 6.06. The summed E-state index contributed by atoms with van der Waals surface area (Å²) in [6, 6.07) is 7.68. The second kappa shape index (κ2) is 12.2. The van der Waals surface area contributed by atoms with Crippen molar-refractivity contribution < 1.29 is 18.8 Å². The minimum Gasteiger partial charge on any atom is -0.347 e. The van der Waals surface area contributed by atoms with Gasteiger partial charge in [0.05, 0.1) is 11.7 Å². The normalized spacial score (nSPS) is 20.0. The van der Waals surface area contributed by atoms with Crippen molar-refractivity contribution in [1.29, 1.82) is 0 Å². The molecule has 1 saturated carbocycles. The van der Waals surface area contributed by atoms with Gasteiger partial charge in [-0.25, -0.2) is 4.39 Å². The van der Waals surface area contributed by atoms with Crippen molar-refractivity contribution in [2.75, 3.05) is 27.2 Å². The number of Topliss-reactive ketones (excluding diaryl/α,β-unsaturated/α-hetero) is 1. The Morgan fingerprint density at radius 3 is 2.56 bits per heavy atom. The number of amides is 1. The molecule has 2 unspecified atom stereocenters. The number of hydrogen-bond acceptors (Lipinski definition) is 6. The summed E-state index contributed by atoms with van der Waals surface area (Å²) in [5.74, 6) is -0.381. The van der Waals surface area contributed by atoms with Gasteiger partial charge in [0.1, 0.15) is 12.4 Å². The summed E-state index contributed by atoms with van der Waals surface area (Å²) >= 11 is 1.28. The van der Waals surface area contributed by atoms with E-state index < -0.39 is 6.04 Å². The van der Waals surface area contributed by atoms with Gasteiger partial charge in [0.15, 0.2) is 10.9 Å². The zero-order valence-corrected chi connectivity index (χ0v) is 22.4. The third-order valence-electron chi connectivity index (χ3n) is 6.39. The Morgan fingerprint density at radius 1 is 1.19 bits per heavy atom. The molecule has 2 heterocycles. The summed E-state index contributed by atoms with van der Waals surface area (Å²) in [5.41, 5.74) is 2.05. The highest BCUT2D eigenvalue weighted by Gasteiger charge is 2.41. The molecule has 1 saturated heterocycles. The molecule has 36 heavy (non-hydrogen) atoms. The highest BCUT2D eigenvalue weighted by Crippen LogP contribution is 2.40. The van der Waals surface area contributed by atoms with Gasteiger partial charge in [0.2, 0.25) is 5.91 Å². The van der Waals surface area contributed by atoms with E-state index in [0.717, 1.165) is 18.4 Å². The molecule has 10 heteroatoms. The molecule has 1 aliphatic heterocycles. The van der Waals surface area contributed by atoms with Gasteiger partial charge in [0, 0.05) is 57.0 Å². The SMILES string of the molecule is CC(=O)SC1CCN(C(C(=O)C2CC2)c2ccccc2F)C/C1=C/c1ccn(CC(=O)N(C)C)n1.Cl. The number of aromatic nitrogens is 2. The molecular weight excluding hydrogens is 503 g/mol. The molecule has 0 bridgehead atoms. The van der Waals surface area contributed by atoms with E-state index in [4.69, 9.17) is 0 Å². The Labute approximate surface area is 221 Å². The van der Waals surface area contributed by atoms with Gasteiger partial charge in [-0.3, -0.25) is 24.0 Å². The van der Waals surface area contributed by atoms with Crippen LogP contribution in [0.15, 0.2) is 42.1 Å². The van der Waals surface area contributed by atoms with Crippen molar-refractivity contribution in [2.24, 2.45) is 5.92 Å². The van der Waals surface area contributed by atoms with Crippen LogP contribution in [0.1, 0.15) is 43.5 Å². The van der Waals surface area contributed by atoms with Crippen molar-refractivity contribution in [3.05, 3.63) is 59.2 Å². The van der Waals surface area contributed by atoms with Gasteiger partial charge in [-0.2, -0.15) is 5.10 Å². The first-order valence-electron chi connectivity index (χ1n) is 11.9. The molecule has 4 rings (SSSR count). The first-order valence-corrected chi connectivity index (χ1v) is 12.7. The molecule has 2 atom stereocenters. The van der Waals surface area contributed by atoms with Crippen molar-refractivity contribution in [3.63, 3.8) is 0 Å². The number of piperidine rings is 1. The summed E-state index contributed by atoms with van der Waals surface area (Å²) in [7, 11) is 3.40. The van der Waals surface area contributed by atoms with Crippen molar-refractivity contribution in [2.45, 2.75) is 44.0 Å². The third-order valence-corrected chi connectivity index (χ3v) is 7.55. The molecule has 194 valence electrons. The number of likely N-dealkylation sites (N-methyl/N-ethyl adjacent to an activating group) is 1. The Hall–Kier alpha value is -2.49. The van der Waals surface area contributed by atoms with E-state index in [0.29, 0.717) is 30.8 Å². The molecule has 1 aliphatic carbocycles. The van der Waals surface area contributed by atoms with Crippen LogP contribution in [0.4, 0.5) is 4.39 Å². The Kier molecular flexibility index (Phi) is 9.49. The van der Waals surface area contributed by atoms with Crippen LogP contribution in [0.2, 0.25) is 0 Å². The summed E-state index contributed by atoms with van der Waals surface area (Å²) < 4.78 is 16.4. The lowest BCUT2D eigenvalue weighted by Gasteiger charge is -2.38. The zero-order chi connectivity index (χ0) is 25.1. The fourth-order valence-electron chi connectivity index (χ4n) is 4.41. The van der Waals surface area contributed by atoms with Gasteiger partial charge >= 0.3 is 0 Å². The van der Waals surface area contributed by atoms with Gasteiger partial charge < -0.3 is 4.90 Å². The van der Waals surface area contributed by atoms with Crippen LogP contribution in [-0.4, -0.2) is 68.8 Å². The highest BCUT2D eigenvalue weighted by molar-refractivity contribution is 8.14. The number of rotatable bonds is 8. The van der Waals surface area contributed by atoms with Crippen LogP contribution >= 0.6 is 24.2 Å². The number of hydrogen-bond donors (Lipinski definition) is 0. The number of benzene rings is 1. The maximum Gasteiger partial charge on any atom is 0.243 e. The molecule has 2 aromatic rings. The number of ketones is 1. The van der Waals surface area contributed by atoms with Gasteiger partial charge in [-0.05, 0) is 43.0 Å². The topological polar surface area (TPSA) is 75.5 Å². The smallest absolute Gasteiger partial charge is 0.243 e. The number of carbonyl (C=O) groups excluding carboxylic acids is 3. The Balaban J connectivity index is 0.00000361. The number of thioether (sulfide) groups is 1. The van der Waals surface area contributed by atoms with Gasteiger partial charge in [-0.1, -0.05) is 30.0 Å². The fraction of sp³-hybridized carbons (Fsp3) is 0.462. The lowest BCUT2D eigenvalue weighted by Crippen LogP contribution is -2.43. The summed E-state index contributed by atoms with van der Waals surface area (Å²) in [4.78, 5) is 40.8. The molecule has 2 aliphatic rings. The van der Waals surface area contributed by atoms with Crippen LogP contribution in [-0.2, 0) is 20.9 Å². The van der Waals surface area contributed by atoms with Crippen LogP contribution in [0.25, 0.3) is 6.08 Å². The average molecular weight is 535 g/mol. The first kappa shape index (κ1) is 28.1. The van der Waals surface area contributed by atoms with Crippen LogP contribution < -0.4 is 0 Å².